The van der Waals surface area contributed by atoms with Gasteiger partial charge in [-0.3, -0.25) is 0 Å². The van der Waals surface area contributed by atoms with Gasteiger partial charge in [0, 0.05) is 24.7 Å². The van der Waals surface area contributed by atoms with Crippen molar-refractivity contribution < 1.29 is 19.3 Å². The molecule has 0 saturated carbocycles. The first-order valence-electron chi connectivity index (χ1n) is 7.18. The molecule has 0 fully saturated rings. The quantitative estimate of drug-likeness (QED) is 0.756. The third-order valence-corrected chi connectivity index (χ3v) is 3.21. The molecule has 1 N–H and O–H groups in total. The van der Waals surface area contributed by atoms with Crippen LogP contribution in [0.1, 0.15) is 25.5 Å². The topological polar surface area (TPSA) is 51.2 Å². The van der Waals surface area contributed by atoms with E-state index in [9.17, 15) is 5.11 Å². The maximum Gasteiger partial charge on any atom is 0.128 e. The van der Waals surface area contributed by atoms with Crippen molar-refractivity contribution in [3.8, 4) is 11.5 Å². The Labute approximate surface area is 127 Å². The van der Waals surface area contributed by atoms with E-state index in [0.29, 0.717) is 24.7 Å². The van der Waals surface area contributed by atoms with Gasteiger partial charge in [0.1, 0.15) is 11.5 Å². The Balaban J connectivity index is 2.60. The van der Waals surface area contributed by atoms with E-state index in [1.54, 1.807) is 20.3 Å². The van der Waals surface area contributed by atoms with E-state index in [2.05, 4.69) is 0 Å². The van der Waals surface area contributed by atoms with Gasteiger partial charge in [0.2, 0.25) is 0 Å². The van der Waals surface area contributed by atoms with Crippen LogP contribution >= 0.6 is 0 Å². The van der Waals surface area contributed by atoms with Crippen molar-refractivity contribution in [2.24, 2.45) is 0 Å². The number of hydrogen-bond donors (Lipinski definition) is 1. The number of ether oxygens (including phenoxy) is 3. The Morgan fingerprint density at radius 3 is 2.48 bits per heavy atom. The van der Waals surface area contributed by atoms with Crippen molar-refractivity contribution in [1.82, 2.24) is 4.90 Å². The standard InChI is InChI=1S/C16H27NO4/c1-12(2)21-9-8-17(3)11-15(18)14-7-6-13(19-4)10-16(14)20-5/h6-7,10,12,15,18H,8-9,11H2,1-5H3. The first-order chi connectivity index (χ1) is 9.97. The van der Waals surface area contributed by atoms with Crippen LogP contribution in [-0.4, -0.2) is 57.1 Å². The first kappa shape index (κ1) is 17.8. The van der Waals surface area contributed by atoms with Crippen LogP contribution in [0.5, 0.6) is 11.5 Å². The van der Waals surface area contributed by atoms with Crippen molar-refractivity contribution in [1.29, 1.82) is 0 Å². The number of hydrogen-bond acceptors (Lipinski definition) is 5. The van der Waals surface area contributed by atoms with Gasteiger partial charge >= 0.3 is 0 Å². The Morgan fingerprint density at radius 1 is 1.19 bits per heavy atom. The lowest BCUT2D eigenvalue weighted by Crippen LogP contribution is -2.29. The van der Waals surface area contributed by atoms with E-state index in [-0.39, 0.29) is 6.10 Å². The largest absolute Gasteiger partial charge is 0.497 e. The highest BCUT2D eigenvalue weighted by Crippen LogP contribution is 2.29. The second-order valence-electron chi connectivity index (χ2n) is 5.31. The zero-order chi connectivity index (χ0) is 15.8. The van der Waals surface area contributed by atoms with Crippen molar-refractivity contribution in [3.63, 3.8) is 0 Å². The number of nitrogens with zero attached hydrogens (tertiary/aromatic N) is 1. The highest BCUT2D eigenvalue weighted by Gasteiger charge is 2.16. The molecule has 0 saturated heterocycles. The Bertz CT molecular complexity index is 423. The zero-order valence-electron chi connectivity index (χ0n) is 13.6. The van der Waals surface area contributed by atoms with Crippen molar-refractivity contribution in [2.75, 3.05) is 41.0 Å². The molecule has 120 valence electrons. The molecule has 5 nitrogen and oxygen atoms in total. The van der Waals surface area contributed by atoms with Crippen LogP contribution in [0.2, 0.25) is 0 Å². The van der Waals surface area contributed by atoms with Crippen molar-refractivity contribution in [2.45, 2.75) is 26.1 Å². The molecular formula is C16H27NO4. The van der Waals surface area contributed by atoms with E-state index in [0.717, 1.165) is 12.1 Å². The van der Waals surface area contributed by atoms with Gasteiger partial charge in [-0.1, -0.05) is 0 Å². The molecule has 1 atom stereocenters. The molecule has 0 amide bonds. The summed E-state index contributed by atoms with van der Waals surface area (Å²) in [4.78, 5) is 2.04. The number of aliphatic hydroxyl groups is 1. The van der Waals surface area contributed by atoms with Crippen LogP contribution < -0.4 is 9.47 Å². The van der Waals surface area contributed by atoms with Gasteiger partial charge < -0.3 is 24.2 Å². The monoisotopic (exact) mass is 297 g/mol. The number of methoxy groups -OCH3 is 2. The average Bonchev–Trinajstić information content (AvgIpc) is 2.45. The van der Waals surface area contributed by atoms with E-state index >= 15 is 0 Å². The van der Waals surface area contributed by atoms with Crippen LogP contribution in [0, 0.1) is 0 Å². The van der Waals surface area contributed by atoms with Gasteiger partial charge in [-0.2, -0.15) is 0 Å². The molecule has 1 rings (SSSR count). The van der Waals surface area contributed by atoms with Gasteiger partial charge in [0.15, 0.2) is 0 Å². The highest BCUT2D eigenvalue weighted by atomic mass is 16.5. The van der Waals surface area contributed by atoms with Crippen LogP contribution in [-0.2, 0) is 4.74 Å². The van der Waals surface area contributed by atoms with Gasteiger partial charge in [0.25, 0.3) is 0 Å². The molecule has 1 unspecified atom stereocenters. The van der Waals surface area contributed by atoms with Crippen LogP contribution in [0.15, 0.2) is 18.2 Å². The fraction of sp³-hybridized carbons (Fsp3) is 0.625. The molecule has 21 heavy (non-hydrogen) atoms. The fourth-order valence-electron chi connectivity index (χ4n) is 2.02. The molecule has 0 aliphatic heterocycles. The summed E-state index contributed by atoms with van der Waals surface area (Å²) in [6.45, 7) is 5.96. The van der Waals surface area contributed by atoms with Crippen LogP contribution in [0.3, 0.4) is 0 Å². The lowest BCUT2D eigenvalue weighted by atomic mass is 10.1. The Morgan fingerprint density at radius 2 is 1.90 bits per heavy atom. The zero-order valence-corrected chi connectivity index (χ0v) is 13.6. The summed E-state index contributed by atoms with van der Waals surface area (Å²) in [5.74, 6) is 1.34. The van der Waals surface area contributed by atoms with Gasteiger partial charge in [0.05, 0.1) is 33.0 Å². The van der Waals surface area contributed by atoms with E-state index in [1.165, 1.54) is 0 Å². The average molecular weight is 297 g/mol. The lowest BCUT2D eigenvalue weighted by Gasteiger charge is -2.22. The summed E-state index contributed by atoms with van der Waals surface area (Å²) in [6.07, 6.45) is -0.389. The predicted molar refractivity (Wildman–Crippen MR) is 83.1 cm³/mol. The van der Waals surface area contributed by atoms with Crippen LogP contribution in [0.4, 0.5) is 0 Å². The summed E-state index contributed by atoms with van der Waals surface area (Å²) in [5, 5.41) is 10.4. The minimum Gasteiger partial charge on any atom is -0.497 e. The van der Waals surface area contributed by atoms with Crippen molar-refractivity contribution >= 4 is 0 Å². The number of benzene rings is 1. The van der Waals surface area contributed by atoms with Crippen molar-refractivity contribution in [3.05, 3.63) is 23.8 Å². The third-order valence-electron chi connectivity index (χ3n) is 3.21. The Kier molecular flexibility index (Phi) is 7.50. The maximum atomic E-state index is 10.4. The number of likely N-dealkylation sites (N-methyl/N-ethyl adjacent to an activating group) is 1. The molecule has 1 aromatic rings. The SMILES string of the molecule is COc1ccc(C(O)CN(C)CCOC(C)C)c(OC)c1. The summed E-state index contributed by atoms with van der Waals surface area (Å²) < 4.78 is 16.0. The van der Waals surface area contributed by atoms with Crippen LogP contribution in [0.25, 0.3) is 0 Å². The molecule has 1 aromatic carbocycles. The number of aliphatic hydroxyl groups excluding tert-OH is 1. The smallest absolute Gasteiger partial charge is 0.128 e. The second kappa shape index (κ2) is 8.87. The normalized spacial score (nSPS) is 12.8. The van der Waals surface area contributed by atoms with E-state index in [1.807, 2.05) is 37.9 Å². The van der Waals surface area contributed by atoms with Gasteiger partial charge in [-0.15, -0.1) is 0 Å². The second-order valence-corrected chi connectivity index (χ2v) is 5.31. The summed E-state index contributed by atoms with van der Waals surface area (Å²) in [7, 11) is 5.15. The van der Waals surface area contributed by atoms with E-state index in [4.69, 9.17) is 14.2 Å². The third kappa shape index (κ3) is 5.91. The molecule has 5 heteroatoms. The summed E-state index contributed by atoms with van der Waals surface area (Å²) in [6, 6.07) is 5.43. The van der Waals surface area contributed by atoms with E-state index < -0.39 is 6.10 Å². The molecule has 0 radical (unpaired) electrons. The molecule has 0 aliphatic carbocycles. The molecule has 0 heterocycles. The minimum atomic E-state index is -0.616. The molecule has 0 aromatic heterocycles. The minimum absolute atomic E-state index is 0.227. The number of rotatable bonds is 9. The molecular weight excluding hydrogens is 270 g/mol. The fourth-order valence-corrected chi connectivity index (χ4v) is 2.02. The molecule has 0 aliphatic rings. The summed E-state index contributed by atoms with van der Waals surface area (Å²) in [5.41, 5.74) is 0.759. The lowest BCUT2D eigenvalue weighted by molar-refractivity contribution is 0.0515. The molecule has 0 bridgehead atoms. The molecule has 0 spiro atoms. The predicted octanol–water partition coefficient (Wildman–Crippen LogP) is 2.09. The first-order valence-corrected chi connectivity index (χ1v) is 7.18. The van der Waals surface area contributed by atoms with Gasteiger partial charge in [-0.05, 0) is 33.0 Å². The highest BCUT2D eigenvalue weighted by molar-refractivity contribution is 5.42. The maximum absolute atomic E-state index is 10.4. The Hall–Kier alpha value is -1.30. The summed E-state index contributed by atoms with van der Waals surface area (Å²) >= 11 is 0. The van der Waals surface area contributed by atoms with Gasteiger partial charge in [-0.25, -0.2) is 0 Å².